The summed E-state index contributed by atoms with van der Waals surface area (Å²) in [5.74, 6) is 3.06. The molecule has 1 aromatic rings. The lowest BCUT2D eigenvalue weighted by atomic mass is 9.86. The van der Waals surface area contributed by atoms with Crippen molar-refractivity contribution in [1.82, 2.24) is 14.8 Å². The standard InChI is InChI=1S/C16H17BrN4OS/c1-10(2)21-14(18-9-19-21)15-20-16-5-3-4-12(17)6-13(16)22-7-11(16)8-23-15/h3-6,9-11H,7-8H2,1-2H3. The van der Waals surface area contributed by atoms with Crippen LogP contribution in [-0.4, -0.2) is 37.7 Å². The highest BCUT2D eigenvalue weighted by Gasteiger charge is 2.50. The van der Waals surface area contributed by atoms with Crippen molar-refractivity contribution in [2.24, 2.45) is 10.9 Å². The molecule has 1 fully saturated rings. The average Bonchev–Trinajstić information content (AvgIpc) is 3.10. The van der Waals surface area contributed by atoms with Crippen molar-refractivity contribution < 1.29 is 4.74 Å². The number of nitrogens with zero attached hydrogens (tertiary/aromatic N) is 4. The van der Waals surface area contributed by atoms with Crippen LogP contribution in [0, 0.1) is 5.92 Å². The number of ether oxygens (including phenoxy) is 1. The Labute approximate surface area is 147 Å². The summed E-state index contributed by atoms with van der Waals surface area (Å²) in [5.41, 5.74) is -0.416. The predicted molar refractivity (Wildman–Crippen MR) is 95.8 cm³/mol. The van der Waals surface area contributed by atoms with E-state index in [-0.39, 0.29) is 6.04 Å². The van der Waals surface area contributed by atoms with Gasteiger partial charge >= 0.3 is 0 Å². The highest BCUT2D eigenvalue weighted by Crippen LogP contribution is 2.47. The fourth-order valence-electron chi connectivity index (χ4n) is 3.10. The van der Waals surface area contributed by atoms with Gasteiger partial charge in [0.15, 0.2) is 5.82 Å². The molecule has 4 rings (SSSR count). The van der Waals surface area contributed by atoms with Gasteiger partial charge in [-0.3, -0.25) is 4.99 Å². The van der Waals surface area contributed by atoms with Crippen molar-refractivity contribution in [3.8, 4) is 0 Å². The van der Waals surface area contributed by atoms with Crippen molar-refractivity contribution in [2.45, 2.75) is 25.4 Å². The van der Waals surface area contributed by atoms with Crippen LogP contribution in [0.1, 0.15) is 25.7 Å². The zero-order valence-electron chi connectivity index (χ0n) is 12.9. The Morgan fingerprint density at radius 3 is 3.17 bits per heavy atom. The first-order chi connectivity index (χ1) is 11.1. The summed E-state index contributed by atoms with van der Waals surface area (Å²) in [5, 5.41) is 5.28. The van der Waals surface area contributed by atoms with Crippen LogP contribution < -0.4 is 0 Å². The minimum atomic E-state index is -0.416. The van der Waals surface area contributed by atoms with Gasteiger partial charge in [-0.2, -0.15) is 5.10 Å². The van der Waals surface area contributed by atoms with Gasteiger partial charge in [-0.25, -0.2) is 9.67 Å². The lowest BCUT2D eigenvalue weighted by molar-refractivity contribution is 0.246. The SMILES string of the molecule is CC(C)n1ncnc1C1=NC23C=CC=C(Br)C=C2OCC3CS1. The monoisotopic (exact) mass is 392 g/mol. The largest absolute Gasteiger partial charge is 0.494 e. The molecular formula is C16H17BrN4OS. The summed E-state index contributed by atoms with van der Waals surface area (Å²) < 4.78 is 8.89. The maximum absolute atomic E-state index is 5.96. The number of aromatic nitrogens is 3. The smallest absolute Gasteiger partial charge is 0.183 e. The average molecular weight is 393 g/mol. The van der Waals surface area contributed by atoms with E-state index in [4.69, 9.17) is 9.73 Å². The first-order valence-electron chi connectivity index (χ1n) is 7.62. The van der Waals surface area contributed by atoms with Crippen LogP contribution in [0.5, 0.6) is 0 Å². The van der Waals surface area contributed by atoms with Gasteiger partial charge in [0.05, 0.1) is 6.61 Å². The molecule has 1 aliphatic carbocycles. The van der Waals surface area contributed by atoms with E-state index in [1.54, 1.807) is 18.1 Å². The summed E-state index contributed by atoms with van der Waals surface area (Å²) in [4.78, 5) is 9.54. The fraction of sp³-hybridized carbons (Fsp3) is 0.438. The van der Waals surface area contributed by atoms with Crippen molar-refractivity contribution in [3.05, 3.63) is 46.7 Å². The molecule has 2 atom stereocenters. The van der Waals surface area contributed by atoms with Gasteiger partial charge in [0.1, 0.15) is 22.7 Å². The summed E-state index contributed by atoms with van der Waals surface area (Å²) in [7, 11) is 0. The molecule has 5 nitrogen and oxygen atoms in total. The fourth-order valence-corrected chi connectivity index (χ4v) is 4.66. The Hall–Kier alpha value is -1.34. The third-order valence-electron chi connectivity index (χ3n) is 4.29. The third-order valence-corrected chi connectivity index (χ3v) is 5.90. The second-order valence-electron chi connectivity index (χ2n) is 6.10. The number of halogens is 1. The summed E-state index contributed by atoms with van der Waals surface area (Å²) in [6.45, 7) is 4.91. The Kier molecular flexibility index (Phi) is 3.72. The molecule has 7 heteroatoms. The molecular weight excluding hydrogens is 376 g/mol. The summed E-state index contributed by atoms with van der Waals surface area (Å²) >= 11 is 5.29. The van der Waals surface area contributed by atoms with Crippen molar-refractivity contribution in [3.63, 3.8) is 0 Å². The molecule has 3 heterocycles. The van der Waals surface area contributed by atoms with E-state index in [9.17, 15) is 0 Å². The van der Waals surface area contributed by atoms with Gasteiger partial charge in [0, 0.05) is 22.2 Å². The zero-order chi connectivity index (χ0) is 16.0. The van der Waals surface area contributed by atoms with E-state index in [0.29, 0.717) is 12.5 Å². The summed E-state index contributed by atoms with van der Waals surface area (Å²) in [6.07, 6.45) is 9.86. The van der Waals surface area contributed by atoms with E-state index in [0.717, 1.165) is 26.9 Å². The quantitative estimate of drug-likeness (QED) is 0.772. The van der Waals surface area contributed by atoms with Crippen LogP contribution in [0.2, 0.25) is 0 Å². The van der Waals surface area contributed by atoms with E-state index in [1.807, 2.05) is 16.8 Å². The molecule has 1 aromatic heterocycles. The molecule has 3 aliphatic rings. The van der Waals surface area contributed by atoms with Crippen molar-refractivity contribution in [1.29, 1.82) is 0 Å². The van der Waals surface area contributed by atoms with E-state index >= 15 is 0 Å². The first kappa shape index (κ1) is 15.2. The molecule has 0 amide bonds. The van der Waals surface area contributed by atoms with Gasteiger partial charge in [-0.15, -0.1) is 11.8 Å². The molecule has 0 aromatic carbocycles. The molecule has 120 valence electrons. The molecule has 0 bridgehead atoms. The Morgan fingerprint density at radius 1 is 1.48 bits per heavy atom. The van der Waals surface area contributed by atoms with Gasteiger partial charge < -0.3 is 4.74 Å². The van der Waals surface area contributed by atoms with Gasteiger partial charge in [0.2, 0.25) is 0 Å². The van der Waals surface area contributed by atoms with Crippen LogP contribution in [0.15, 0.2) is 45.9 Å². The van der Waals surface area contributed by atoms with Crippen LogP contribution >= 0.6 is 27.7 Å². The minimum absolute atomic E-state index is 0.251. The molecule has 2 unspecified atom stereocenters. The van der Waals surface area contributed by atoms with E-state index < -0.39 is 5.54 Å². The van der Waals surface area contributed by atoms with Crippen molar-refractivity contribution >= 4 is 32.7 Å². The van der Waals surface area contributed by atoms with Gasteiger partial charge in [-0.05, 0) is 32.1 Å². The van der Waals surface area contributed by atoms with Crippen LogP contribution in [0.4, 0.5) is 0 Å². The Morgan fingerprint density at radius 2 is 2.35 bits per heavy atom. The van der Waals surface area contributed by atoms with Crippen LogP contribution in [0.25, 0.3) is 0 Å². The Bertz CT molecular complexity index is 764. The van der Waals surface area contributed by atoms with Gasteiger partial charge in [0.25, 0.3) is 0 Å². The van der Waals surface area contributed by atoms with Crippen LogP contribution in [0.3, 0.4) is 0 Å². The second kappa shape index (κ2) is 5.63. The highest BCUT2D eigenvalue weighted by molar-refractivity contribution is 9.11. The molecule has 0 radical (unpaired) electrons. The number of thioether (sulfide) groups is 1. The number of rotatable bonds is 2. The molecule has 0 saturated carbocycles. The molecule has 2 aliphatic heterocycles. The highest BCUT2D eigenvalue weighted by atomic mass is 79.9. The number of hydrogen-bond acceptors (Lipinski definition) is 5. The van der Waals surface area contributed by atoms with E-state index in [1.165, 1.54) is 0 Å². The number of hydrogen-bond donors (Lipinski definition) is 0. The van der Waals surface area contributed by atoms with Crippen molar-refractivity contribution in [2.75, 3.05) is 12.4 Å². The normalized spacial score (nSPS) is 29.2. The molecule has 0 N–H and O–H groups in total. The van der Waals surface area contributed by atoms with E-state index in [2.05, 4.69) is 52.0 Å². The molecule has 23 heavy (non-hydrogen) atoms. The maximum Gasteiger partial charge on any atom is 0.183 e. The van der Waals surface area contributed by atoms with Gasteiger partial charge in [-0.1, -0.05) is 22.0 Å². The first-order valence-corrected chi connectivity index (χ1v) is 9.40. The lowest BCUT2D eigenvalue weighted by Crippen LogP contribution is -2.38. The Balaban J connectivity index is 1.83. The second-order valence-corrected chi connectivity index (χ2v) is 8.03. The third kappa shape index (κ3) is 2.41. The molecule has 1 saturated heterocycles. The summed E-state index contributed by atoms with van der Waals surface area (Å²) in [6, 6.07) is 0.251. The topological polar surface area (TPSA) is 52.3 Å². The molecule has 1 spiro atoms. The maximum atomic E-state index is 5.96. The minimum Gasteiger partial charge on any atom is -0.494 e. The predicted octanol–water partition coefficient (Wildman–Crippen LogP) is 3.47. The zero-order valence-corrected chi connectivity index (χ0v) is 15.3. The number of allylic oxidation sites excluding steroid dienone is 4. The van der Waals surface area contributed by atoms with Crippen LogP contribution in [-0.2, 0) is 4.74 Å². The lowest BCUT2D eigenvalue weighted by Gasteiger charge is -2.31. The number of aliphatic imine (C=N–C) groups is 1.